The van der Waals surface area contributed by atoms with E-state index in [1.165, 1.54) is 32.7 Å². The molecule has 0 fully saturated rings. The molecule has 0 radical (unpaired) electrons. The Morgan fingerprint density at radius 2 is 0.874 bits per heavy atom. The molecule has 87 heavy (non-hydrogen) atoms. The Morgan fingerprint density at radius 3 is 1.13 bits per heavy atom. The molecule has 6 atom stereocenters. The average molecular weight is 1510 g/mol. The molecule has 0 spiro atoms. The van der Waals surface area contributed by atoms with Crippen molar-refractivity contribution in [1.29, 1.82) is 0 Å². The number of carboxylic acids is 2. The zero-order chi connectivity index (χ0) is 66.2. The van der Waals surface area contributed by atoms with E-state index in [4.69, 9.17) is 49.0 Å². The predicted octanol–water partition coefficient (Wildman–Crippen LogP) is -7.88. The fourth-order valence-electron chi connectivity index (χ4n) is 3.86. The molecule has 30 nitrogen and oxygen atoms in total. The van der Waals surface area contributed by atoms with Crippen LogP contribution in [0.2, 0.25) is 0 Å². The summed E-state index contributed by atoms with van der Waals surface area (Å²) in [5.41, 5.74) is 5.19. The summed E-state index contributed by atoms with van der Waals surface area (Å²) in [5, 5.41) is 52.9. The summed E-state index contributed by atoms with van der Waals surface area (Å²) in [6.07, 6.45) is 18.4. The molecule has 0 aliphatic carbocycles. The number of aliphatic hydroxyl groups is 2. The molecule has 12 N–H and O–H groups in total. The molecule has 506 valence electrons. The number of amides is 5. The van der Waals surface area contributed by atoms with Crippen molar-refractivity contribution in [2.75, 3.05) is 103 Å². The van der Waals surface area contributed by atoms with Gasteiger partial charge in [-0.25, -0.2) is 18.0 Å². The molecule has 0 aliphatic heterocycles. The Balaban J connectivity index is -0.0000000518. The molecule has 5 amide bonds. The maximum Gasteiger partial charge on any atom is 1.00 e. The number of carboxylic acid groups (broad SMARTS) is 3. The Bertz CT molecular complexity index is 1710. The summed E-state index contributed by atoms with van der Waals surface area (Å²) in [5.74, 6) is 1.19. The number of hydrogen-bond donors (Lipinski definition) is 11. The number of rotatable bonds is 35. The Labute approximate surface area is 617 Å². The van der Waals surface area contributed by atoms with Gasteiger partial charge in [0.15, 0.2) is 0 Å². The fourth-order valence-corrected chi connectivity index (χ4v) is 8.12. The van der Waals surface area contributed by atoms with E-state index >= 15 is 0 Å². The second-order valence-corrected chi connectivity index (χ2v) is 22.3. The van der Waals surface area contributed by atoms with Crippen molar-refractivity contribution >= 4 is 176 Å². The predicted molar refractivity (Wildman–Crippen MR) is 341 cm³/mol. The normalized spacial score (nSPS) is 10.8. The van der Waals surface area contributed by atoms with E-state index in [0.29, 0.717) is 63.1 Å². The summed E-state index contributed by atoms with van der Waals surface area (Å²) >= 11 is 13.1. The van der Waals surface area contributed by atoms with Gasteiger partial charge >= 0.3 is 119 Å². The number of methoxy groups -OCH3 is 1. The summed E-state index contributed by atoms with van der Waals surface area (Å²) < 4.78 is 64.9. The summed E-state index contributed by atoms with van der Waals surface area (Å²) in [6, 6.07) is -2.25. The van der Waals surface area contributed by atoms with E-state index in [2.05, 4.69) is 58.2 Å². The first-order chi connectivity index (χ1) is 38.5. The number of hydrogen-bond acceptors (Lipinski definition) is 29. The first kappa shape index (κ1) is 124. The van der Waals surface area contributed by atoms with Gasteiger partial charge in [-0.2, -0.15) is 81.6 Å². The van der Waals surface area contributed by atoms with Crippen molar-refractivity contribution in [3.05, 3.63) is 0 Å². The molecular formula is C45H94BrN6Na3O24S8. The van der Waals surface area contributed by atoms with E-state index in [9.17, 15) is 60.9 Å². The van der Waals surface area contributed by atoms with Crippen LogP contribution in [-0.4, -0.2) is 251 Å². The summed E-state index contributed by atoms with van der Waals surface area (Å²) in [6.45, 7) is 4.07. The molecule has 0 saturated carbocycles. The van der Waals surface area contributed by atoms with Gasteiger partial charge in [0.05, 0.1) is 35.6 Å². The van der Waals surface area contributed by atoms with E-state index < -0.39 is 80.9 Å². The van der Waals surface area contributed by atoms with Crippen LogP contribution in [0.25, 0.3) is 0 Å². The first-order valence-electron chi connectivity index (χ1n) is 23.0. The molecule has 0 heterocycles. The molecule has 0 aromatic heterocycles. The first-order valence-corrected chi connectivity index (χ1v) is 35.1. The zero-order valence-electron chi connectivity index (χ0n) is 50.5. The van der Waals surface area contributed by atoms with Gasteiger partial charge in [0.25, 0.3) is 6.47 Å². The number of alkyl halides is 1. The van der Waals surface area contributed by atoms with Crippen LogP contribution in [-0.2, 0) is 91.7 Å². The van der Waals surface area contributed by atoms with Gasteiger partial charge < -0.3 is 84.8 Å². The van der Waals surface area contributed by atoms with E-state index in [0.717, 1.165) is 53.3 Å². The largest absolute Gasteiger partial charge is 1.00 e. The molecule has 0 bridgehead atoms. The molecule has 0 aliphatic rings. The summed E-state index contributed by atoms with van der Waals surface area (Å²) in [4.78, 5) is 109. The number of halogens is 1. The third kappa shape index (κ3) is 139. The van der Waals surface area contributed by atoms with Gasteiger partial charge in [0.2, 0.25) is 32.1 Å². The maximum absolute atomic E-state index is 11.0. The number of nitrogens with one attached hydrogen (secondary N) is 5. The van der Waals surface area contributed by atoms with E-state index in [1.807, 2.05) is 31.3 Å². The third-order valence-corrected chi connectivity index (χ3v) is 13.0. The van der Waals surface area contributed by atoms with Crippen molar-refractivity contribution in [2.45, 2.75) is 110 Å². The minimum absolute atomic E-state index is 0. The van der Waals surface area contributed by atoms with Crippen LogP contribution in [0.1, 0.15) is 74.1 Å². The molecule has 0 aromatic carbocycles. The molecular weight excluding hydrogens is 1410 g/mol. The quantitative estimate of drug-likeness (QED) is 0.00410. The standard InChI is InChI=1S/C7H13NO3S.C6H12BrNOS.C6H13NO4S2.C6H11NO3S.C6H13NO2S.C5H11NO2S.C4H6O3.C2H6O.CH2O2.2CH4.3Na.O3S/c1-11-7(10)6(8-5-9)3-4-12-2;1-10-3-2-6(4-7)8-5-9;1-12-3-2-6(7-5-8)4-13(9,10)11;1-11-3-2-5(6(9)10)7-4-8;1-10-3-2-6(4-8)7-5-9;1-9-3-2-4(6)5(7)8;1-3(5)7-4(2)6;1-2-3;2-1-3;;;;;;1-4(2)3/h5-6H,3-4H2,1-2H3,(H,8,9);5-6H,2-4H2,1H3,(H,8,9);5-6H,2-4H2,1H3,(H,7,8)(H,9,10,11);4-5H,2-3H2,1H3,(H,7,8)(H,9,10);5-6,8H,2-4H2,1H3,(H,7,9);4H,2-3,6H2,1H3,(H,7,8);1-2H3;3H,2H2,1H3;1H,(H,2,3);2*1H4;;;;/q;;;;;;;;;;;3*+1;-2/p-1/t3*6-;5-;6-;4-;;;;;;;;;/m000000........./s1. The van der Waals surface area contributed by atoms with Gasteiger partial charge in [0.1, 0.15) is 18.1 Å². The average Bonchev–Trinajstić information content (AvgIpc) is 3.40. The monoisotopic (exact) mass is 1510 g/mol. The fraction of sp³-hybridized carbons (Fsp3) is 0.756. The van der Waals surface area contributed by atoms with Crippen molar-refractivity contribution in [2.24, 2.45) is 5.73 Å². The Kier molecular flexibility index (Phi) is 149. The number of nitrogens with two attached hydrogens (primary N) is 1. The molecule has 0 rings (SSSR count). The minimum atomic E-state index is -4.26. The maximum atomic E-state index is 11.0. The van der Waals surface area contributed by atoms with Gasteiger partial charge in [-0.1, -0.05) is 30.8 Å². The second-order valence-electron chi connectivity index (χ2n) is 13.9. The minimum Gasteiger partial charge on any atom is -0.917 e. The van der Waals surface area contributed by atoms with Gasteiger partial charge in [-0.05, 0) is 118 Å². The summed E-state index contributed by atoms with van der Waals surface area (Å²) in [7, 11) is -6.06. The molecule has 42 heteroatoms. The van der Waals surface area contributed by atoms with Gasteiger partial charge in [0, 0.05) is 37.9 Å². The number of carbonyl (C=O) groups is 11. The van der Waals surface area contributed by atoms with Crippen LogP contribution in [0, 0.1) is 0 Å². The van der Waals surface area contributed by atoms with Crippen molar-refractivity contribution < 1.29 is 202 Å². The molecule has 0 saturated heterocycles. The van der Waals surface area contributed by atoms with Crippen molar-refractivity contribution in [1.82, 2.24) is 26.6 Å². The zero-order valence-corrected chi connectivity index (χ0v) is 64.6. The Morgan fingerprint density at radius 1 is 0.598 bits per heavy atom. The number of aliphatic hydroxyl groups excluding tert-OH is 2. The number of esters is 3. The van der Waals surface area contributed by atoms with E-state index in [1.54, 1.807) is 65.7 Å². The van der Waals surface area contributed by atoms with Crippen LogP contribution in [0.3, 0.4) is 0 Å². The smallest absolute Gasteiger partial charge is 0.917 e. The van der Waals surface area contributed by atoms with Crippen molar-refractivity contribution in [3.8, 4) is 0 Å². The SMILES string of the molecule is C.C.CC(=O)OC(C)=O.CCO.COC(=O)[C@H](CCSC)NC=O.CSCC[C@@H](CBr)NC=O.CSCC[C@@H](CO)NC=O.CSCC[C@@H](CS(=O)(=O)[O-])NC=O.CSCC[C@H](N)C(=O)O.CSCC[C@H](NC=O)C(=O)O.O=CO.O=[S-](=O)[O-].[Na+].[Na+].[Na+]. The van der Waals surface area contributed by atoms with Crippen LogP contribution >= 0.6 is 86.5 Å². The van der Waals surface area contributed by atoms with Gasteiger partial charge in [-0.15, -0.1) is 0 Å². The number of thioether (sulfide) groups is 6. The number of ether oxygens (including phenoxy) is 2. The topological polar surface area (TPSA) is 508 Å². The number of aliphatic carboxylic acids is 2. The van der Waals surface area contributed by atoms with Crippen LogP contribution < -0.4 is 121 Å². The van der Waals surface area contributed by atoms with Crippen LogP contribution in [0.15, 0.2) is 0 Å². The molecule has 0 aromatic rings. The third-order valence-electron chi connectivity index (χ3n) is 7.52. The molecule has 0 unspecified atom stereocenters. The second kappa shape index (κ2) is 104. The van der Waals surface area contributed by atoms with Crippen LogP contribution in [0.4, 0.5) is 0 Å². The van der Waals surface area contributed by atoms with Gasteiger partial charge in [-0.3, -0.25) is 43.2 Å². The Hall–Kier alpha value is -0.350. The number of carbonyl (C=O) groups excluding carboxylic acids is 8. The van der Waals surface area contributed by atoms with Crippen LogP contribution in [0.5, 0.6) is 0 Å². The van der Waals surface area contributed by atoms with Crippen molar-refractivity contribution in [3.63, 3.8) is 0 Å². The van der Waals surface area contributed by atoms with E-state index in [-0.39, 0.29) is 129 Å².